The van der Waals surface area contributed by atoms with Crippen molar-refractivity contribution in [1.29, 1.82) is 0 Å². The molecule has 27 heavy (non-hydrogen) atoms. The van der Waals surface area contributed by atoms with E-state index in [1.807, 2.05) is 0 Å². The Labute approximate surface area is 170 Å². The first-order chi connectivity index (χ1) is 12.9. The van der Waals surface area contributed by atoms with Gasteiger partial charge in [0.05, 0.1) is 4.75 Å². The lowest BCUT2D eigenvalue weighted by molar-refractivity contribution is 0.146. The molecule has 160 valence electrons. The molecule has 0 aromatic carbocycles. The van der Waals surface area contributed by atoms with Crippen molar-refractivity contribution >= 4 is 9.84 Å². The molecule has 3 heteroatoms. The Morgan fingerprint density at radius 3 is 1.85 bits per heavy atom. The van der Waals surface area contributed by atoms with Gasteiger partial charge in [-0.3, -0.25) is 0 Å². The molecule has 0 spiro atoms. The van der Waals surface area contributed by atoms with Gasteiger partial charge in [0.1, 0.15) is 0 Å². The molecule has 2 saturated carbocycles. The van der Waals surface area contributed by atoms with E-state index in [1.165, 1.54) is 76.9 Å². The molecule has 2 nitrogen and oxygen atoms in total. The van der Waals surface area contributed by atoms with E-state index in [9.17, 15) is 8.42 Å². The van der Waals surface area contributed by atoms with E-state index in [0.29, 0.717) is 0 Å². The maximum Gasteiger partial charge on any atom is 0.153 e. The summed E-state index contributed by atoms with van der Waals surface area (Å²) in [6.07, 6.45) is 22.5. The highest BCUT2D eigenvalue weighted by Gasteiger charge is 2.44. The van der Waals surface area contributed by atoms with E-state index in [2.05, 4.69) is 13.8 Å². The first-order valence-corrected chi connectivity index (χ1v) is 14.0. The highest BCUT2D eigenvalue weighted by Crippen LogP contribution is 2.47. The molecule has 2 rings (SSSR count). The van der Waals surface area contributed by atoms with Crippen molar-refractivity contribution in [2.24, 2.45) is 17.8 Å². The molecule has 0 saturated heterocycles. The van der Waals surface area contributed by atoms with Crippen LogP contribution in [0.4, 0.5) is 0 Å². The Balaban J connectivity index is 1.81. The summed E-state index contributed by atoms with van der Waals surface area (Å²) in [5, 5.41) is 0. The molecule has 0 bridgehead atoms. The Morgan fingerprint density at radius 2 is 1.30 bits per heavy atom. The minimum absolute atomic E-state index is 0.395. The van der Waals surface area contributed by atoms with Crippen LogP contribution in [0.1, 0.15) is 123 Å². The van der Waals surface area contributed by atoms with Gasteiger partial charge in [0.2, 0.25) is 0 Å². The van der Waals surface area contributed by atoms with Gasteiger partial charge in [0.25, 0.3) is 0 Å². The van der Waals surface area contributed by atoms with Gasteiger partial charge in [-0.1, -0.05) is 78.1 Å². The van der Waals surface area contributed by atoms with Crippen LogP contribution in [-0.4, -0.2) is 19.4 Å². The van der Waals surface area contributed by atoms with Crippen molar-refractivity contribution in [3.05, 3.63) is 0 Å². The van der Waals surface area contributed by atoms with Crippen LogP contribution in [0.5, 0.6) is 0 Å². The summed E-state index contributed by atoms with van der Waals surface area (Å²) in [5.41, 5.74) is 0. The van der Waals surface area contributed by atoms with Crippen LogP contribution in [0, 0.1) is 17.8 Å². The first kappa shape index (κ1) is 23.2. The van der Waals surface area contributed by atoms with Crippen LogP contribution in [0.25, 0.3) is 0 Å². The van der Waals surface area contributed by atoms with Gasteiger partial charge in [-0.2, -0.15) is 0 Å². The van der Waals surface area contributed by atoms with E-state index >= 15 is 0 Å². The number of rotatable bonds is 11. The van der Waals surface area contributed by atoms with Crippen LogP contribution in [-0.2, 0) is 9.84 Å². The molecule has 2 fully saturated rings. The zero-order chi connectivity index (χ0) is 19.8. The van der Waals surface area contributed by atoms with E-state index in [1.54, 1.807) is 0 Å². The lowest BCUT2D eigenvalue weighted by Crippen LogP contribution is -2.43. The third-order valence-electron chi connectivity index (χ3n) is 7.99. The normalized spacial score (nSPS) is 32.5. The van der Waals surface area contributed by atoms with E-state index in [4.69, 9.17) is 0 Å². The van der Waals surface area contributed by atoms with Gasteiger partial charge in [0.15, 0.2) is 9.84 Å². The van der Waals surface area contributed by atoms with Crippen LogP contribution >= 0.6 is 0 Å². The van der Waals surface area contributed by atoms with Gasteiger partial charge in [-0.25, -0.2) is 8.42 Å². The average molecular weight is 399 g/mol. The van der Waals surface area contributed by atoms with E-state index < -0.39 is 14.6 Å². The van der Waals surface area contributed by atoms with Crippen molar-refractivity contribution in [3.8, 4) is 0 Å². The molecule has 0 atom stereocenters. The summed E-state index contributed by atoms with van der Waals surface area (Å²) >= 11 is 0. The van der Waals surface area contributed by atoms with Crippen molar-refractivity contribution in [3.63, 3.8) is 0 Å². The van der Waals surface area contributed by atoms with Crippen LogP contribution in [0.15, 0.2) is 0 Å². The third kappa shape index (κ3) is 6.75. The first-order valence-electron chi connectivity index (χ1n) is 12.1. The maximum atomic E-state index is 12.7. The second kappa shape index (κ2) is 11.2. The zero-order valence-corrected chi connectivity index (χ0v) is 19.3. The van der Waals surface area contributed by atoms with Crippen LogP contribution in [0.2, 0.25) is 0 Å². The summed E-state index contributed by atoms with van der Waals surface area (Å²) in [4.78, 5) is 0. The number of unbranched alkanes of at least 4 members (excludes halogenated alkanes) is 5. The smallest absolute Gasteiger partial charge is 0.153 e. The Bertz CT molecular complexity index is 494. The summed E-state index contributed by atoms with van der Waals surface area (Å²) in [6, 6.07) is 0. The molecule has 0 aliphatic heterocycles. The number of hydrogen-bond acceptors (Lipinski definition) is 2. The second-order valence-corrected chi connectivity index (χ2v) is 12.3. The Hall–Kier alpha value is -0.0500. The Kier molecular flexibility index (Phi) is 9.65. The molecule has 0 N–H and O–H groups in total. The standard InChI is InChI=1S/C24H46O2S/c1-4-6-8-9-10-18-24(27(3,25)26)19-16-23(17-20-24)22-14-12-21(13-15-22)11-7-5-2/h21-23H,4-20H2,1-3H3. The molecule has 2 aliphatic rings. The monoisotopic (exact) mass is 398 g/mol. The third-order valence-corrected chi connectivity index (χ3v) is 10.2. The highest BCUT2D eigenvalue weighted by molar-refractivity contribution is 7.92. The molecule has 2 aliphatic carbocycles. The van der Waals surface area contributed by atoms with Crippen molar-refractivity contribution in [1.82, 2.24) is 0 Å². The molecule has 0 unspecified atom stereocenters. The fourth-order valence-electron chi connectivity index (χ4n) is 5.94. The SMILES string of the molecule is CCCCCCCC1(S(C)(=O)=O)CCC(C2CCC(CCCC)CC2)CC1. The van der Waals surface area contributed by atoms with E-state index in [-0.39, 0.29) is 0 Å². The second-order valence-electron chi connectivity index (χ2n) is 9.88. The number of hydrogen-bond donors (Lipinski definition) is 0. The quantitative estimate of drug-likeness (QED) is 0.342. The van der Waals surface area contributed by atoms with Gasteiger partial charge < -0.3 is 0 Å². The molecule has 0 amide bonds. The largest absolute Gasteiger partial charge is 0.229 e. The summed E-state index contributed by atoms with van der Waals surface area (Å²) in [5.74, 6) is 2.65. The summed E-state index contributed by atoms with van der Waals surface area (Å²) in [7, 11) is -2.95. The minimum atomic E-state index is -2.95. The van der Waals surface area contributed by atoms with Gasteiger partial charge >= 0.3 is 0 Å². The summed E-state index contributed by atoms with van der Waals surface area (Å²) < 4.78 is 24.9. The molecular formula is C24H46O2S. The zero-order valence-electron chi connectivity index (χ0n) is 18.5. The van der Waals surface area contributed by atoms with Crippen molar-refractivity contribution < 1.29 is 8.42 Å². The van der Waals surface area contributed by atoms with Gasteiger partial charge in [-0.15, -0.1) is 0 Å². The topological polar surface area (TPSA) is 34.1 Å². The average Bonchev–Trinajstić information content (AvgIpc) is 2.66. The highest BCUT2D eigenvalue weighted by atomic mass is 32.2. The molecule has 0 aromatic rings. The molecule has 0 aromatic heterocycles. The maximum absolute atomic E-state index is 12.7. The molecule has 0 heterocycles. The predicted molar refractivity (Wildman–Crippen MR) is 118 cm³/mol. The Morgan fingerprint density at radius 1 is 0.741 bits per heavy atom. The van der Waals surface area contributed by atoms with Crippen molar-refractivity contribution in [2.45, 2.75) is 128 Å². The lowest BCUT2D eigenvalue weighted by atomic mass is 9.68. The fourth-order valence-corrected chi connectivity index (χ4v) is 7.43. The van der Waals surface area contributed by atoms with Crippen molar-refractivity contribution in [2.75, 3.05) is 6.26 Å². The lowest BCUT2D eigenvalue weighted by Gasteiger charge is -2.43. The fraction of sp³-hybridized carbons (Fsp3) is 1.00. The van der Waals surface area contributed by atoms with E-state index in [0.717, 1.165) is 56.3 Å². The van der Waals surface area contributed by atoms with Crippen LogP contribution < -0.4 is 0 Å². The summed E-state index contributed by atoms with van der Waals surface area (Å²) in [6.45, 7) is 4.53. The predicted octanol–water partition coefficient (Wildman–Crippen LogP) is 7.32. The molecule has 0 radical (unpaired) electrons. The minimum Gasteiger partial charge on any atom is -0.229 e. The van der Waals surface area contributed by atoms with Gasteiger partial charge in [0, 0.05) is 6.26 Å². The number of sulfone groups is 1. The van der Waals surface area contributed by atoms with Crippen LogP contribution in [0.3, 0.4) is 0 Å². The van der Waals surface area contributed by atoms with Gasteiger partial charge in [-0.05, 0) is 62.7 Å². The molecular weight excluding hydrogens is 352 g/mol.